The van der Waals surface area contributed by atoms with E-state index < -0.39 is 0 Å². The van der Waals surface area contributed by atoms with Crippen molar-refractivity contribution in [1.82, 2.24) is 9.97 Å². The highest BCUT2D eigenvalue weighted by Gasteiger charge is 2.12. The molecule has 0 aliphatic heterocycles. The second-order valence-corrected chi connectivity index (χ2v) is 5.22. The zero-order valence-corrected chi connectivity index (χ0v) is 11.7. The smallest absolute Gasteiger partial charge is 0.115 e. The maximum Gasteiger partial charge on any atom is 0.115 e. The van der Waals surface area contributed by atoms with Gasteiger partial charge in [-0.1, -0.05) is 48.5 Å². The number of aryl methyl sites for hydroxylation is 1. The van der Waals surface area contributed by atoms with E-state index in [-0.39, 0.29) is 0 Å². The van der Waals surface area contributed by atoms with Gasteiger partial charge in [0.05, 0.1) is 0 Å². The molecule has 2 heteroatoms. The number of nitrogens with zero attached hydrogens (tertiary/aromatic N) is 2. The first-order chi connectivity index (χ1) is 10.4. The van der Waals surface area contributed by atoms with E-state index in [0.29, 0.717) is 0 Å². The molecule has 0 aliphatic carbocycles. The van der Waals surface area contributed by atoms with Crippen molar-refractivity contribution < 1.29 is 0 Å². The molecule has 1 heterocycles. The van der Waals surface area contributed by atoms with Crippen molar-refractivity contribution in [3.8, 4) is 11.1 Å². The molecule has 0 spiro atoms. The molecular weight excluding hydrogens is 256 g/mol. The molecule has 0 N–H and O–H groups in total. The van der Waals surface area contributed by atoms with E-state index in [1.54, 1.807) is 6.33 Å². The van der Waals surface area contributed by atoms with Crippen LogP contribution in [0.1, 0.15) is 5.56 Å². The fourth-order valence-electron chi connectivity index (χ4n) is 3.09. The Bertz CT molecular complexity index is 886. The number of aromatic nitrogens is 2. The fourth-order valence-corrected chi connectivity index (χ4v) is 3.09. The molecule has 0 saturated heterocycles. The van der Waals surface area contributed by atoms with Crippen LogP contribution in [0, 0.1) is 6.92 Å². The summed E-state index contributed by atoms with van der Waals surface area (Å²) < 4.78 is 0. The number of fused-ring (bicyclic) bond motifs is 2. The maximum atomic E-state index is 4.19. The van der Waals surface area contributed by atoms with Gasteiger partial charge in [0, 0.05) is 23.5 Å². The summed E-state index contributed by atoms with van der Waals surface area (Å²) in [5.74, 6) is 0. The van der Waals surface area contributed by atoms with Gasteiger partial charge in [-0.25, -0.2) is 9.97 Å². The van der Waals surface area contributed by atoms with E-state index in [0.717, 1.165) is 5.56 Å². The molecule has 4 aromatic rings. The van der Waals surface area contributed by atoms with Crippen molar-refractivity contribution in [2.75, 3.05) is 0 Å². The highest BCUT2D eigenvalue weighted by Crippen LogP contribution is 2.38. The number of rotatable bonds is 1. The molecule has 100 valence electrons. The fraction of sp³-hybridized carbons (Fsp3) is 0.0526. The Labute approximate surface area is 123 Å². The first-order valence-corrected chi connectivity index (χ1v) is 7.01. The van der Waals surface area contributed by atoms with Crippen molar-refractivity contribution in [3.05, 3.63) is 72.8 Å². The van der Waals surface area contributed by atoms with Gasteiger partial charge in [-0.2, -0.15) is 0 Å². The first kappa shape index (κ1) is 12.0. The summed E-state index contributed by atoms with van der Waals surface area (Å²) >= 11 is 0. The van der Waals surface area contributed by atoms with Gasteiger partial charge >= 0.3 is 0 Å². The second kappa shape index (κ2) is 4.67. The van der Waals surface area contributed by atoms with Gasteiger partial charge in [0.15, 0.2) is 0 Å². The molecule has 1 aromatic heterocycles. The predicted octanol–water partition coefficient (Wildman–Crippen LogP) is 4.76. The lowest BCUT2D eigenvalue weighted by Gasteiger charge is -2.14. The van der Waals surface area contributed by atoms with Crippen LogP contribution in [-0.2, 0) is 0 Å². The minimum Gasteiger partial charge on any atom is -0.244 e. The van der Waals surface area contributed by atoms with Crippen molar-refractivity contribution in [2.24, 2.45) is 0 Å². The average Bonchev–Trinajstić information content (AvgIpc) is 2.56. The van der Waals surface area contributed by atoms with E-state index in [4.69, 9.17) is 0 Å². The quantitative estimate of drug-likeness (QED) is 0.466. The Morgan fingerprint density at radius 2 is 1.14 bits per heavy atom. The molecule has 0 saturated carbocycles. The van der Waals surface area contributed by atoms with E-state index in [9.17, 15) is 0 Å². The summed E-state index contributed by atoms with van der Waals surface area (Å²) in [4.78, 5) is 8.37. The monoisotopic (exact) mass is 270 g/mol. The highest BCUT2D eigenvalue weighted by atomic mass is 14.8. The van der Waals surface area contributed by atoms with Gasteiger partial charge in [0.25, 0.3) is 0 Å². The van der Waals surface area contributed by atoms with Crippen LogP contribution in [0.2, 0.25) is 0 Å². The van der Waals surface area contributed by atoms with E-state index in [2.05, 4.69) is 65.4 Å². The van der Waals surface area contributed by atoms with Gasteiger partial charge in [0.2, 0.25) is 0 Å². The lowest BCUT2D eigenvalue weighted by atomic mass is 9.90. The Balaban J connectivity index is 2.28. The molecule has 3 aromatic carbocycles. The Hall–Kier alpha value is -2.74. The Morgan fingerprint density at radius 1 is 0.667 bits per heavy atom. The van der Waals surface area contributed by atoms with Gasteiger partial charge in [-0.05, 0) is 34.0 Å². The highest BCUT2D eigenvalue weighted by molar-refractivity contribution is 6.14. The average molecular weight is 270 g/mol. The number of benzene rings is 3. The van der Waals surface area contributed by atoms with Crippen LogP contribution in [0.25, 0.3) is 32.7 Å². The normalized spacial score (nSPS) is 11.1. The van der Waals surface area contributed by atoms with Crippen molar-refractivity contribution in [2.45, 2.75) is 6.92 Å². The number of hydrogen-bond donors (Lipinski definition) is 0. The molecule has 0 atom stereocenters. The van der Waals surface area contributed by atoms with Crippen molar-refractivity contribution in [1.29, 1.82) is 0 Å². The summed E-state index contributed by atoms with van der Waals surface area (Å²) in [5, 5.41) is 5.08. The molecule has 0 amide bonds. The van der Waals surface area contributed by atoms with Crippen LogP contribution in [0.4, 0.5) is 0 Å². The van der Waals surface area contributed by atoms with Crippen LogP contribution < -0.4 is 0 Å². The Morgan fingerprint density at radius 3 is 1.67 bits per heavy atom. The molecule has 0 bridgehead atoms. The van der Waals surface area contributed by atoms with Crippen LogP contribution in [0.5, 0.6) is 0 Å². The molecule has 0 unspecified atom stereocenters. The van der Waals surface area contributed by atoms with Gasteiger partial charge < -0.3 is 0 Å². The summed E-state index contributed by atoms with van der Waals surface area (Å²) in [7, 11) is 0. The summed E-state index contributed by atoms with van der Waals surface area (Å²) in [6, 6.07) is 17.1. The largest absolute Gasteiger partial charge is 0.244 e. The third-order valence-electron chi connectivity index (χ3n) is 4.05. The minimum absolute atomic E-state index is 1.06. The van der Waals surface area contributed by atoms with Gasteiger partial charge in [-0.15, -0.1) is 0 Å². The van der Waals surface area contributed by atoms with E-state index in [1.807, 2.05) is 12.4 Å². The molecule has 21 heavy (non-hydrogen) atoms. The zero-order chi connectivity index (χ0) is 14.2. The molecule has 0 fully saturated rings. The van der Waals surface area contributed by atoms with Crippen LogP contribution in [0.15, 0.2) is 67.3 Å². The first-order valence-electron chi connectivity index (χ1n) is 7.01. The second-order valence-electron chi connectivity index (χ2n) is 5.22. The standard InChI is InChI=1S/C19H14N2/c1-13-15-6-2-4-8-17(15)19(14-10-20-12-21-11-14)18-9-5-3-7-16(13)18/h2-12H,1H3. The molecule has 4 rings (SSSR count). The van der Waals surface area contributed by atoms with E-state index >= 15 is 0 Å². The number of hydrogen-bond acceptors (Lipinski definition) is 2. The Kier molecular flexibility index (Phi) is 2.68. The lowest BCUT2D eigenvalue weighted by molar-refractivity contribution is 1.17. The zero-order valence-electron chi connectivity index (χ0n) is 11.7. The topological polar surface area (TPSA) is 25.8 Å². The molecule has 2 nitrogen and oxygen atoms in total. The van der Waals surface area contributed by atoms with Crippen molar-refractivity contribution in [3.63, 3.8) is 0 Å². The minimum atomic E-state index is 1.06. The van der Waals surface area contributed by atoms with E-state index in [1.165, 1.54) is 32.7 Å². The van der Waals surface area contributed by atoms with Crippen LogP contribution in [-0.4, -0.2) is 9.97 Å². The summed E-state index contributed by atoms with van der Waals surface area (Å²) in [5.41, 5.74) is 3.60. The third kappa shape index (κ3) is 1.80. The third-order valence-corrected chi connectivity index (χ3v) is 4.05. The molecule has 0 radical (unpaired) electrons. The molecular formula is C19H14N2. The maximum absolute atomic E-state index is 4.19. The van der Waals surface area contributed by atoms with Crippen LogP contribution in [0.3, 0.4) is 0 Å². The van der Waals surface area contributed by atoms with Crippen LogP contribution >= 0.6 is 0 Å². The lowest BCUT2D eigenvalue weighted by Crippen LogP contribution is -1.90. The SMILES string of the molecule is Cc1c2ccccc2c(-c2cncnc2)c2ccccc12. The van der Waals surface area contributed by atoms with Gasteiger partial charge in [-0.3, -0.25) is 0 Å². The predicted molar refractivity (Wildman–Crippen MR) is 87.2 cm³/mol. The summed E-state index contributed by atoms with van der Waals surface area (Å²) in [6.07, 6.45) is 5.34. The summed E-state index contributed by atoms with van der Waals surface area (Å²) in [6.45, 7) is 2.19. The van der Waals surface area contributed by atoms with Gasteiger partial charge in [0.1, 0.15) is 6.33 Å². The van der Waals surface area contributed by atoms with Crippen molar-refractivity contribution >= 4 is 21.5 Å². The molecule has 0 aliphatic rings.